The molecule has 0 radical (unpaired) electrons. The van der Waals surface area contributed by atoms with Crippen molar-refractivity contribution in [2.75, 3.05) is 13.7 Å². The quantitative estimate of drug-likeness (QED) is 0.695. The van der Waals surface area contributed by atoms with Crippen LogP contribution in [-0.2, 0) is 17.6 Å². The normalized spacial score (nSPS) is 10.5. The van der Waals surface area contributed by atoms with Gasteiger partial charge in [0.2, 0.25) is 5.91 Å². The second kappa shape index (κ2) is 8.58. The van der Waals surface area contributed by atoms with Crippen molar-refractivity contribution in [3.8, 4) is 16.3 Å². The predicted octanol–water partition coefficient (Wildman–Crippen LogP) is 3.42. The topological polar surface area (TPSA) is 64.1 Å². The Morgan fingerprint density at radius 2 is 1.88 bits per heavy atom. The number of amides is 1. The highest BCUT2D eigenvalue weighted by atomic mass is 32.1. The lowest BCUT2D eigenvalue weighted by atomic mass is 10.1. The number of carbonyl (C=O) groups excluding carboxylic acids is 1. The third-order valence-electron chi connectivity index (χ3n) is 4.04. The summed E-state index contributed by atoms with van der Waals surface area (Å²) in [6, 6.07) is 11.7. The van der Waals surface area contributed by atoms with Crippen LogP contribution in [0, 0.1) is 6.92 Å². The maximum Gasteiger partial charge on any atom is 0.225 e. The number of methoxy groups -OCH3 is 1. The second-order valence-corrected chi connectivity index (χ2v) is 6.97. The number of carbonyl (C=O) groups is 1. The molecule has 0 fully saturated rings. The molecule has 2 heterocycles. The fraction of sp³-hybridized carbons (Fsp3) is 0.250. The third-order valence-corrected chi connectivity index (χ3v) is 5.24. The monoisotopic (exact) mass is 367 g/mol. The van der Waals surface area contributed by atoms with E-state index in [1.807, 2.05) is 43.3 Å². The first-order chi connectivity index (χ1) is 12.7. The minimum atomic E-state index is 0.0199. The summed E-state index contributed by atoms with van der Waals surface area (Å²) in [6.07, 6.45) is 4.64. The Balaban J connectivity index is 1.52. The lowest BCUT2D eigenvalue weighted by molar-refractivity contribution is -0.120. The number of nitrogens with one attached hydrogen (secondary N) is 1. The number of thiazole rings is 1. The number of pyridine rings is 1. The molecule has 0 unspecified atom stereocenters. The average Bonchev–Trinajstić information content (AvgIpc) is 3.03. The van der Waals surface area contributed by atoms with E-state index in [2.05, 4.69) is 15.3 Å². The number of nitrogens with zero attached hydrogens (tertiary/aromatic N) is 2. The molecule has 0 atom stereocenters. The molecule has 0 bridgehead atoms. The molecule has 0 aliphatic heterocycles. The molecule has 0 aliphatic rings. The first kappa shape index (κ1) is 18.1. The van der Waals surface area contributed by atoms with E-state index in [0.29, 0.717) is 13.0 Å². The number of hydrogen-bond donors (Lipinski definition) is 1. The van der Waals surface area contributed by atoms with Gasteiger partial charge < -0.3 is 10.1 Å². The molecule has 0 saturated heterocycles. The average molecular weight is 367 g/mol. The van der Waals surface area contributed by atoms with Crippen molar-refractivity contribution in [1.82, 2.24) is 15.3 Å². The van der Waals surface area contributed by atoms with Crippen molar-refractivity contribution in [2.45, 2.75) is 19.8 Å². The predicted molar refractivity (Wildman–Crippen MR) is 103 cm³/mol. The van der Waals surface area contributed by atoms with Crippen LogP contribution in [-0.4, -0.2) is 29.5 Å². The highest BCUT2D eigenvalue weighted by Gasteiger charge is 2.12. The van der Waals surface area contributed by atoms with Gasteiger partial charge in [-0.1, -0.05) is 12.1 Å². The Bertz CT molecular complexity index is 861. The second-order valence-electron chi connectivity index (χ2n) is 5.89. The van der Waals surface area contributed by atoms with Gasteiger partial charge in [-0.15, -0.1) is 11.3 Å². The molecule has 6 heteroatoms. The summed E-state index contributed by atoms with van der Waals surface area (Å²) < 4.78 is 5.15. The van der Waals surface area contributed by atoms with Crippen LogP contribution < -0.4 is 10.1 Å². The molecule has 0 saturated carbocycles. The van der Waals surface area contributed by atoms with Crippen LogP contribution >= 0.6 is 11.3 Å². The molecule has 0 aliphatic carbocycles. The summed E-state index contributed by atoms with van der Waals surface area (Å²) >= 11 is 1.56. The largest absolute Gasteiger partial charge is 0.497 e. The molecule has 3 aromatic rings. The molecule has 5 nitrogen and oxygen atoms in total. The Morgan fingerprint density at radius 3 is 2.58 bits per heavy atom. The third kappa shape index (κ3) is 4.67. The van der Waals surface area contributed by atoms with Crippen molar-refractivity contribution in [3.63, 3.8) is 0 Å². The molecule has 0 spiro atoms. The first-order valence-corrected chi connectivity index (χ1v) is 9.23. The van der Waals surface area contributed by atoms with Crippen molar-refractivity contribution in [2.24, 2.45) is 0 Å². The fourth-order valence-corrected chi connectivity index (χ4v) is 3.62. The van der Waals surface area contributed by atoms with E-state index in [9.17, 15) is 4.79 Å². The SMILES string of the molecule is COc1ccc(CCNC(=O)Cc2sc(-c3ccncc3)nc2C)cc1. The van der Waals surface area contributed by atoms with Crippen LogP contribution in [0.3, 0.4) is 0 Å². The molecular formula is C20H21N3O2S. The Morgan fingerprint density at radius 1 is 1.15 bits per heavy atom. The maximum atomic E-state index is 12.2. The lowest BCUT2D eigenvalue weighted by Crippen LogP contribution is -2.27. The summed E-state index contributed by atoms with van der Waals surface area (Å²) in [4.78, 5) is 21.8. The molecule has 134 valence electrons. The number of aromatic nitrogens is 2. The van der Waals surface area contributed by atoms with Crippen LogP contribution in [0.5, 0.6) is 5.75 Å². The highest BCUT2D eigenvalue weighted by Crippen LogP contribution is 2.27. The molecule has 26 heavy (non-hydrogen) atoms. The van der Waals surface area contributed by atoms with Gasteiger partial charge in [0.25, 0.3) is 0 Å². The van der Waals surface area contributed by atoms with Gasteiger partial charge in [-0.25, -0.2) is 4.98 Å². The summed E-state index contributed by atoms with van der Waals surface area (Å²) in [5, 5.41) is 3.91. The number of ether oxygens (including phenoxy) is 1. The Hall–Kier alpha value is -2.73. The fourth-order valence-electron chi connectivity index (χ4n) is 2.56. The van der Waals surface area contributed by atoms with E-state index < -0.39 is 0 Å². The van der Waals surface area contributed by atoms with Crippen molar-refractivity contribution < 1.29 is 9.53 Å². The summed E-state index contributed by atoms with van der Waals surface area (Å²) in [5.74, 6) is 0.856. The van der Waals surface area contributed by atoms with Gasteiger partial charge in [-0.3, -0.25) is 9.78 Å². The van der Waals surface area contributed by atoms with Crippen LogP contribution in [0.1, 0.15) is 16.1 Å². The lowest BCUT2D eigenvalue weighted by Gasteiger charge is -2.06. The summed E-state index contributed by atoms with van der Waals surface area (Å²) in [7, 11) is 1.65. The Kier molecular flexibility index (Phi) is 5.96. The van der Waals surface area contributed by atoms with Gasteiger partial charge in [-0.2, -0.15) is 0 Å². The van der Waals surface area contributed by atoms with Gasteiger partial charge in [0.15, 0.2) is 0 Å². The number of rotatable bonds is 7. The van der Waals surface area contributed by atoms with Crippen molar-refractivity contribution >= 4 is 17.2 Å². The van der Waals surface area contributed by atoms with Crippen molar-refractivity contribution in [1.29, 1.82) is 0 Å². The van der Waals surface area contributed by atoms with Gasteiger partial charge >= 0.3 is 0 Å². The molecule has 3 rings (SSSR count). The smallest absolute Gasteiger partial charge is 0.225 e. The molecular weight excluding hydrogens is 346 g/mol. The highest BCUT2D eigenvalue weighted by molar-refractivity contribution is 7.15. The molecule has 1 N–H and O–H groups in total. The van der Waals surface area contributed by atoms with E-state index in [1.54, 1.807) is 30.8 Å². The van der Waals surface area contributed by atoms with Crippen LogP contribution in [0.2, 0.25) is 0 Å². The zero-order valence-corrected chi connectivity index (χ0v) is 15.7. The number of hydrogen-bond acceptors (Lipinski definition) is 5. The molecule has 1 amide bonds. The number of aryl methyl sites for hydroxylation is 1. The minimum absolute atomic E-state index is 0.0199. The van der Waals surface area contributed by atoms with Crippen LogP contribution in [0.4, 0.5) is 0 Å². The van der Waals surface area contributed by atoms with Crippen LogP contribution in [0.25, 0.3) is 10.6 Å². The molecule has 1 aromatic carbocycles. The number of benzene rings is 1. The van der Waals surface area contributed by atoms with E-state index in [1.165, 1.54) is 5.56 Å². The van der Waals surface area contributed by atoms with Gasteiger partial charge in [0.05, 0.1) is 19.2 Å². The minimum Gasteiger partial charge on any atom is -0.497 e. The van der Waals surface area contributed by atoms with E-state index >= 15 is 0 Å². The summed E-state index contributed by atoms with van der Waals surface area (Å²) in [5.41, 5.74) is 3.10. The van der Waals surface area contributed by atoms with Crippen molar-refractivity contribution in [3.05, 3.63) is 64.9 Å². The van der Waals surface area contributed by atoms with E-state index in [4.69, 9.17) is 4.74 Å². The van der Waals surface area contributed by atoms with E-state index in [0.717, 1.165) is 33.3 Å². The first-order valence-electron chi connectivity index (χ1n) is 8.42. The standard InChI is InChI=1S/C20H21N3O2S/c1-14-18(26-20(23-14)16-8-10-21-11-9-16)13-19(24)22-12-7-15-3-5-17(25-2)6-4-15/h3-6,8-11H,7,12-13H2,1-2H3,(H,22,24). The Labute approximate surface area is 157 Å². The van der Waals surface area contributed by atoms with E-state index in [-0.39, 0.29) is 5.91 Å². The molecule has 2 aromatic heterocycles. The summed E-state index contributed by atoms with van der Waals surface area (Å²) in [6.45, 7) is 2.56. The van der Waals surface area contributed by atoms with Gasteiger partial charge in [-0.05, 0) is 43.2 Å². The van der Waals surface area contributed by atoms with Gasteiger partial charge in [0.1, 0.15) is 10.8 Å². The maximum absolute atomic E-state index is 12.2. The van der Waals surface area contributed by atoms with Crippen LogP contribution in [0.15, 0.2) is 48.8 Å². The zero-order chi connectivity index (χ0) is 18.4. The zero-order valence-electron chi connectivity index (χ0n) is 14.9. The van der Waals surface area contributed by atoms with Gasteiger partial charge in [0, 0.05) is 29.4 Å².